The van der Waals surface area contributed by atoms with Crippen molar-refractivity contribution in [3.05, 3.63) is 23.8 Å². The summed E-state index contributed by atoms with van der Waals surface area (Å²) < 4.78 is 53.5. The van der Waals surface area contributed by atoms with Crippen LogP contribution in [-0.4, -0.2) is 206 Å². The highest BCUT2D eigenvalue weighted by molar-refractivity contribution is 5.92. The Morgan fingerprint density at radius 1 is 0.721 bits per heavy atom. The second kappa shape index (κ2) is 43.9. The van der Waals surface area contributed by atoms with Gasteiger partial charge in [0, 0.05) is 31.7 Å². The van der Waals surface area contributed by atoms with Gasteiger partial charge in [0.2, 0.25) is 24.1 Å². The van der Waals surface area contributed by atoms with Crippen molar-refractivity contribution < 1.29 is 96.6 Å². The number of esters is 1. The van der Waals surface area contributed by atoms with E-state index in [2.05, 4.69) is 10.6 Å². The van der Waals surface area contributed by atoms with Crippen molar-refractivity contribution in [1.29, 1.82) is 0 Å². The maximum absolute atomic E-state index is 12.3. The highest BCUT2D eigenvalue weighted by atomic mass is 16.6. The molecule has 0 radical (unpaired) electrons. The summed E-state index contributed by atoms with van der Waals surface area (Å²) in [6, 6.07) is 4.53. The molecule has 0 aromatic heterocycles. The third-order valence-corrected chi connectivity index (χ3v) is 9.02. The first-order valence-corrected chi connectivity index (χ1v) is 22.7. The van der Waals surface area contributed by atoms with Crippen LogP contribution in [0.1, 0.15) is 58.9 Å². The quantitative estimate of drug-likeness (QED) is 0.0234. The van der Waals surface area contributed by atoms with E-state index in [4.69, 9.17) is 67.5 Å². The van der Waals surface area contributed by atoms with Crippen LogP contribution in [0.15, 0.2) is 18.2 Å². The maximum atomic E-state index is 12.3. The largest absolute Gasteiger partial charge is 0.506 e. The lowest BCUT2D eigenvalue weighted by Crippen LogP contribution is -2.36. The summed E-state index contributed by atoms with van der Waals surface area (Å²) in [5.74, 6) is -1.78. The number of nitrogens with zero attached hydrogens (tertiary/aromatic N) is 1. The van der Waals surface area contributed by atoms with Gasteiger partial charge < -0.3 is 78.4 Å². The molecule has 1 aliphatic heterocycles. The standard InChI is InChI=1S/C39H65N3O15.C5H10O3.CH2O2/c1-5-32(4)38(47)42(30-43)11-13-50-15-17-52-19-21-54-23-25-56-27-26-55-24-22-53-20-18-51-16-14-49-12-9-36(45)40-10-8-37(46)41-34-28-33(6-7-35(34)44)29-57-39(48)31(2)3;6-4-1-5(7)3-8-2-4;2-1-3/h6-7,28,30-32,44H,5,8-27,29H2,1-4H3,(H,40,45)(H,41,46);4-7H,1-3H2;1H,(H,2,3). The van der Waals surface area contributed by atoms with E-state index in [9.17, 15) is 29.1 Å². The minimum absolute atomic E-state index is 0.00103. The van der Waals surface area contributed by atoms with Crippen molar-refractivity contribution in [2.24, 2.45) is 11.8 Å². The molecule has 3 atom stereocenters. The molecule has 0 spiro atoms. The number of imide groups is 1. The number of aromatic hydroxyl groups is 1. The normalized spacial score (nSPS) is 14.6. The number of ether oxygens (including phenoxy) is 10. The molecule has 1 aromatic carbocycles. The third kappa shape index (κ3) is 36.6. The fraction of sp³-hybridized carbons (Fsp3) is 0.733. The number of nitrogens with one attached hydrogen (secondary N) is 2. The Morgan fingerprint density at radius 2 is 1.18 bits per heavy atom. The molecule has 1 fully saturated rings. The molecular formula is C45H77N3O20. The van der Waals surface area contributed by atoms with Crippen LogP contribution in [0.3, 0.4) is 0 Å². The number of aliphatic hydroxyl groups excluding tert-OH is 2. The summed E-state index contributed by atoms with van der Waals surface area (Å²) in [7, 11) is 0. The number of hydrogen-bond donors (Lipinski definition) is 6. The molecule has 68 heavy (non-hydrogen) atoms. The summed E-state index contributed by atoms with van der Waals surface area (Å²) in [5, 5.41) is 39.8. The number of carboxylic acid groups (broad SMARTS) is 1. The zero-order chi connectivity index (χ0) is 50.6. The lowest BCUT2D eigenvalue weighted by Gasteiger charge is -2.21. The molecule has 1 aliphatic rings. The van der Waals surface area contributed by atoms with Crippen LogP contribution in [0, 0.1) is 11.8 Å². The minimum Gasteiger partial charge on any atom is -0.506 e. The summed E-state index contributed by atoms with van der Waals surface area (Å²) in [6.07, 6.45) is 0.895. The Kier molecular flexibility index (Phi) is 41.0. The van der Waals surface area contributed by atoms with Gasteiger partial charge in [-0.1, -0.05) is 33.8 Å². The van der Waals surface area contributed by atoms with E-state index in [1.54, 1.807) is 26.8 Å². The van der Waals surface area contributed by atoms with Gasteiger partial charge in [-0.25, -0.2) is 0 Å². The molecule has 6 N–H and O–H groups in total. The van der Waals surface area contributed by atoms with Crippen LogP contribution in [0.2, 0.25) is 0 Å². The van der Waals surface area contributed by atoms with E-state index in [1.165, 1.54) is 12.1 Å². The van der Waals surface area contributed by atoms with Gasteiger partial charge in [-0.3, -0.25) is 33.7 Å². The van der Waals surface area contributed by atoms with Gasteiger partial charge in [0.1, 0.15) is 12.4 Å². The number of carbonyl (C=O) groups is 6. The van der Waals surface area contributed by atoms with Crippen LogP contribution >= 0.6 is 0 Å². The second-order valence-corrected chi connectivity index (χ2v) is 15.0. The molecule has 0 bridgehead atoms. The Labute approximate surface area is 399 Å². The number of rotatable bonds is 37. The predicted octanol–water partition coefficient (Wildman–Crippen LogP) is 0.920. The number of anilines is 1. The van der Waals surface area contributed by atoms with Gasteiger partial charge in [0.05, 0.1) is 149 Å². The number of carbonyl (C=O) groups excluding carboxylic acids is 5. The first-order chi connectivity index (χ1) is 32.8. The molecule has 1 saturated heterocycles. The average molecular weight is 980 g/mol. The molecule has 2 rings (SSSR count). The molecule has 392 valence electrons. The summed E-state index contributed by atoms with van der Waals surface area (Å²) in [5.41, 5.74) is 0.800. The molecule has 0 saturated carbocycles. The smallest absolute Gasteiger partial charge is 0.308 e. The number of aliphatic hydroxyl groups is 2. The molecule has 1 heterocycles. The van der Waals surface area contributed by atoms with Crippen molar-refractivity contribution >= 4 is 42.3 Å². The summed E-state index contributed by atoms with van der Waals surface area (Å²) in [4.78, 5) is 68.6. The first-order valence-electron chi connectivity index (χ1n) is 22.7. The maximum Gasteiger partial charge on any atom is 0.308 e. The SMILES string of the molecule is CCC(C)C(=O)N(C=O)CCOCCOCCOCCOCCOCCOCCOCCOCCC(=O)NCCC(=O)Nc1cc(COC(=O)C(C)C)ccc1O.O=CO.OC1COCC(O)C1. The molecule has 0 aliphatic carbocycles. The zero-order valence-electron chi connectivity index (χ0n) is 40.1. The number of phenols is 1. The van der Waals surface area contributed by atoms with Crippen molar-refractivity contribution in [2.75, 3.05) is 137 Å². The topological polar surface area (TPSA) is 303 Å². The molecular weight excluding hydrogens is 902 g/mol. The van der Waals surface area contributed by atoms with E-state index in [-0.39, 0.29) is 93.3 Å². The lowest BCUT2D eigenvalue weighted by atomic mass is 10.1. The van der Waals surface area contributed by atoms with E-state index < -0.39 is 18.1 Å². The number of benzene rings is 1. The van der Waals surface area contributed by atoms with Gasteiger partial charge in [-0.2, -0.15) is 0 Å². The lowest BCUT2D eigenvalue weighted by molar-refractivity contribution is -0.148. The Balaban J connectivity index is 0.00000358. The van der Waals surface area contributed by atoms with Crippen LogP contribution in [0.5, 0.6) is 5.75 Å². The van der Waals surface area contributed by atoms with Crippen LogP contribution in [0.4, 0.5) is 5.69 Å². The van der Waals surface area contributed by atoms with Crippen molar-refractivity contribution in [3.63, 3.8) is 0 Å². The number of phenolic OH excluding ortho intramolecular Hbond substituents is 1. The highest BCUT2D eigenvalue weighted by Gasteiger charge is 2.19. The molecule has 4 amide bonds. The van der Waals surface area contributed by atoms with E-state index in [0.717, 1.165) is 4.90 Å². The average Bonchev–Trinajstić information content (AvgIpc) is 3.31. The third-order valence-electron chi connectivity index (χ3n) is 9.02. The van der Waals surface area contributed by atoms with Crippen molar-refractivity contribution in [1.82, 2.24) is 10.2 Å². The Morgan fingerprint density at radius 3 is 1.59 bits per heavy atom. The number of amides is 4. The van der Waals surface area contributed by atoms with Crippen molar-refractivity contribution in [3.8, 4) is 5.75 Å². The summed E-state index contributed by atoms with van der Waals surface area (Å²) >= 11 is 0. The first kappa shape index (κ1) is 63.6. The minimum atomic E-state index is -0.459. The fourth-order valence-corrected chi connectivity index (χ4v) is 5.14. The Bertz CT molecular complexity index is 1470. The number of hydrogen-bond acceptors (Lipinski definition) is 19. The van der Waals surface area contributed by atoms with Crippen LogP contribution in [-0.2, 0) is 82.7 Å². The van der Waals surface area contributed by atoms with Crippen LogP contribution in [0.25, 0.3) is 0 Å². The monoisotopic (exact) mass is 980 g/mol. The highest BCUT2D eigenvalue weighted by Crippen LogP contribution is 2.25. The molecule has 23 heteroatoms. The van der Waals surface area contributed by atoms with Gasteiger partial charge in [-0.05, 0) is 24.1 Å². The zero-order valence-corrected chi connectivity index (χ0v) is 40.1. The van der Waals surface area contributed by atoms with Crippen LogP contribution < -0.4 is 10.6 Å². The van der Waals surface area contributed by atoms with E-state index >= 15 is 0 Å². The van der Waals surface area contributed by atoms with Gasteiger partial charge in [0.15, 0.2) is 0 Å². The Hall–Kier alpha value is -4.40. The molecule has 23 nitrogen and oxygen atoms in total. The van der Waals surface area contributed by atoms with Gasteiger partial charge in [0.25, 0.3) is 6.47 Å². The van der Waals surface area contributed by atoms with Gasteiger partial charge in [-0.15, -0.1) is 0 Å². The van der Waals surface area contributed by atoms with E-state index in [1.807, 2.05) is 6.92 Å². The molecule has 3 unspecified atom stereocenters. The molecule has 1 aromatic rings. The fourth-order valence-electron chi connectivity index (χ4n) is 5.14. The predicted molar refractivity (Wildman–Crippen MR) is 244 cm³/mol. The summed E-state index contributed by atoms with van der Waals surface area (Å²) in [6.45, 7) is 14.1. The van der Waals surface area contributed by atoms with Crippen molar-refractivity contribution in [2.45, 2.75) is 72.2 Å². The van der Waals surface area contributed by atoms with Gasteiger partial charge >= 0.3 is 5.97 Å². The second-order valence-electron chi connectivity index (χ2n) is 15.0. The van der Waals surface area contributed by atoms with E-state index in [0.29, 0.717) is 131 Å².